The molecule has 0 aromatic heterocycles. The lowest BCUT2D eigenvalue weighted by Gasteiger charge is -2.39. The standard InChI is InChI=1S/C15H15F13O4/c1-4-9(2,3)8(30)31-5-7(29)32-6-10(16,17)11(18,19)12(20,21)13(22,23)14(24,25)15(26,27)28/h4-6H2,1-3H3. The number of rotatable bonds is 10. The van der Waals surface area contributed by atoms with Crippen LogP contribution in [0.4, 0.5) is 57.1 Å². The minimum atomic E-state index is -8.05. The lowest BCUT2D eigenvalue weighted by atomic mass is 9.91. The van der Waals surface area contributed by atoms with E-state index in [0.717, 1.165) is 0 Å². The van der Waals surface area contributed by atoms with Crippen LogP contribution < -0.4 is 0 Å². The van der Waals surface area contributed by atoms with Gasteiger partial charge in [-0.25, -0.2) is 4.79 Å². The van der Waals surface area contributed by atoms with E-state index < -0.39 is 66.4 Å². The van der Waals surface area contributed by atoms with E-state index >= 15 is 0 Å². The molecule has 17 heteroatoms. The summed E-state index contributed by atoms with van der Waals surface area (Å²) in [5, 5.41) is 0. The molecule has 190 valence electrons. The molecule has 0 atom stereocenters. The molecule has 0 N–H and O–H groups in total. The monoisotopic (exact) mass is 506 g/mol. The molecular formula is C15H15F13O4. The summed E-state index contributed by atoms with van der Waals surface area (Å²) in [5.41, 5.74) is -1.21. The lowest BCUT2D eigenvalue weighted by Crippen LogP contribution is -2.70. The Morgan fingerprint density at radius 1 is 0.656 bits per heavy atom. The van der Waals surface area contributed by atoms with Gasteiger partial charge in [0.15, 0.2) is 13.2 Å². The summed E-state index contributed by atoms with van der Waals surface area (Å²) in [4.78, 5) is 22.7. The van der Waals surface area contributed by atoms with Crippen LogP contribution >= 0.6 is 0 Å². The van der Waals surface area contributed by atoms with Crippen LogP contribution in [-0.2, 0) is 19.1 Å². The topological polar surface area (TPSA) is 52.6 Å². The Labute approximate surface area is 171 Å². The van der Waals surface area contributed by atoms with Crippen molar-refractivity contribution in [2.75, 3.05) is 13.2 Å². The summed E-state index contributed by atoms with van der Waals surface area (Å²) in [6.45, 7) is -0.595. The molecule has 32 heavy (non-hydrogen) atoms. The summed E-state index contributed by atoms with van der Waals surface area (Å²) >= 11 is 0. The van der Waals surface area contributed by atoms with E-state index in [2.05, 4.69) is 9.47 Å². The van der Waals surface area contributed by atoms with Crippen molar-refractivity contribution in [1.29, 1.82) is 0 Å². The Kier molecular flexibility index (Phi) is 8.22. The molecule has 0 rings (SSSR count). The van der Waals surface area contributed by atoms with Crippen molar-refractivity contribution in [1.82, 2.24) is 0 Å². The van der Waals surface area contributed by atoms with E-state index in [9.17, 15) is 66.7 Å². The van der Waals surface area contributed by atoms with Crippen LogP contribution in [0.2, 0.25) is 0 Å². The highest BCUT2D eigenvalue weighted by Crippen LogP contribution is 2.60. The van der Waals surface area contributed by atoms with Gasteiger partial charge in [0.2, 0.25) is 0 Å². The molecule has 0 aliphatic rings. The zero-order chi connectivity index (χ0) is 26.2. The minimum absolute atomic E-state index is 0.136. The smallest absolute Gasteiger partial charge is 0.456 e. The molecule has 0 aromatic carbocycles. The van der Waals surface area contributed by atoms with Crippen molar-refractivity contribution >= 4 is 11.9 Å². The summed E-state index contributed by atoms with van der Waals surface area (Å²) in [6, 6.07) is 0. The SMILES string of the molecule is CCC(C)(C)C(=O)OCC(=O)OCC(F)(F)C(F)(F)C(F)(F)C(F)(F)C(F)(F)C(F)(F)F. The van der Waals surface area contributed by atoms with Gasteiger partial charge in [-0.3, -0.25) is 4.79 Å². The van der Waals surface area contributed by atoms with E-state index in [0.29, 0.717) is 0 Å². The molecule has 0 radical (unpaired) electrons. The molecule has 0 saturated heterocycles. The fraction of sp³-hybridized carbons (Fsp3) is 0.867. The number of carbonyl (C=O) groups is 2. The first-order valence-electron chi connectivity index (χ1n) is 8.12. The summed E-state index contributed by atoms with van der Waals surface area (Å²) < 4.78 is 175. The van der Waals surface area contributed by atoms with Crippen LogP contribution in [0.5, 0.6) is 0 Å². The highest BCUT2D eigenvalue weighted by Gasteiger charge is 2.90. The number of halogens is 13. The Hall–Kier alpha value is -1.97. The third-order valence-electron chi connectivity index (χ3n) is 4.17. The van der Waals surface area contributed by atoms with Crippen LogP contribution in [-0.4, -0.2) is 60.9 Å². The second kappa shape index (κ2) is 8.76. The predicted octanol–water partition coefficient (Wildman–Crippen LogP) is 5.25. The molecule has 0 heterocycles. The average Bonchev–Trinajstić information content (AvgIpc) is 2.62. The van der Waals surface area contributed by atoms with Gasteiger partial charge < -0.3 is 9.47 Å². The third-order valence-corrected chi connectivity index (χ3v) is 4.17. The molecule has 4 nitrogen and oxygen atoms in total. The van der Waals surface area contributed by atoms with Gasteiger partial charge in [-0.15, -0.1) is 0 Å². The van der Waals surface area contributed by atoms with Gasteiger partial charge in [0.25, 0.3) is 0 Å². The molecule has 0 amide bonds. The second-order valence-electron chi connectivity index (χ2n) is 6.97. The number of alkyl halides is 13. The van der Waals surface area contributed by atoms with Gasteiger partial charge in [-0.2, -0.15) is 57.1 Å². The quantitative estimate of drug-likeness (QED) is 0.300. The Morgan fingerprint density at radius 3 is 1.44 bits per heavy atom. The van der Waals surface area contributed by atoms with Gasteiger partial charge in [0.05, 0.1) is 5.41 Å². The van der Waals surface area contributed by atoms with Crippen LogP contribution in [0.25, 0.3) is 0 Å². The first-order chi connectivity index (χ1) is 13.8. The summed E-state index contributed by atoms with van der Waals surface area (Å²) in [7, 11) is 0. The van der Waals surface area contributed by atoms with Crippen LogP contribution in [0.15, 0.2) is 0 Å². The van der Waals surface area contributed by atoms with Gasteiger partial charge in [0, 0.05) is 0 Å². The van der Waals surface area contributed by atoms with Gasteiger partial charge >= 0.3 is 47.7 Å². The fourth-order valence-electron chi connectivity index (χ4n) is 1.57. The van der Waals surface area contributed by atoms with Crippen LogP contribution in [0.1, 0.15) is 27.2 Å². The zero-order valence-electron chi connectivity index (χ0n) is 16.2. The minimum Gasteiger partial charge on any atom is -0.456 e. The van der Waals surface area contributed by atoms with Gasteiger partial charge in [-0.05, 0) is 20.3 Å². The van der Waals surface area contributed by atoms with E-state index in [1.807, 2.05) is 0 Å². The number of carbonyl (C=O) groups excluding carboxylic acids is 2. The Balaban J connectivity index is 5.56. The maximum absolute atomic E-state index is 13.4. The van der Waals surface area contributed by atoms with Crippen molar-refractivity contribution < 1.29 is 76.1 Å². The predicted molar refractivity (Wildman–Crippen MR) is 76.8 cm³/mol. The molecule has 0 aromatic rings. The number of ether oxygens (including phenoxy) is 2. The molecular weight excluding hydrogens is 491 g/mol. The fourth-order valence-corrected chi connectivity index (χ4v) is 1.57. The highest BCUT2D eigenvalue weighted by molar-refractivity contribution is 5.79. The number of hydrogen-bond acceptors (Lipinski definition) is 4. The molecule has 0 fully saturated rings. The zero-order valence-corrected chi connectivity index (χ0v) is 16.2. The Morgan fingerprint density at radius 2 is 1.06 bits per heavy atom. The van der Waals surface area contributed by atoms with Crippen molar-refractivity contribution in [2.24, 2.45) is 5.41 Å². The van der Waals surface area contributed by atoms with Gasteiger partial charge in [0.1, 0.15) is 0 Å². The summed E-state index contributed by atoms with van der Waals surface area (Å²) in [5.74, 6) is -41.2. The van der Waals surface area contributed by atoms with E-state index in [4.69, 9.17) is 0 Å². The molecule has 0 aliphatic heterocycles. The first-order valence-corrected chi connectivity index (χ1v) is 8.12. The maximum Gasteiger partial charge on any atom is 0.460 e. The molecule has 0 unspecified atom stereocenters. The van der Waals surface area contributed by atoms with E-state index in [-0.39, 0.29) is 6.42 Å². The van der Waals surface area contributed by atoms with Crippen molar-refractivity contribution in [3.63, 3.8) is 0 Å². The van der Waals surface area contributed by atoms with E-state index in [1.54, 1.807) is 0 Å². The normalized spacial score (nSPS) is 14.9. The molecule has 0 bridgehead atoms. The maximum atomic E-state index is 13.4. The highest BCUT2D eigenvalue weighted by atomic mass is 19.4. The van der Waals surface area contributed by atoms with Crippen LogP contribution in [0, 0.1) is 5.41 Å². The van der Waals surface area contributed by atoms with Crippen molar-refractivity contribution in [3.8, 4) is 0 Å². The molecule has 0 saturated carbocycles. The number of esters is 2. The third kappa shape index (κ3) is 5.15. The number of hydrogen-bond donors (Lipinski definition) is 0. The van der Waals surface area contributed by atoms with Crippen LogP contribution in [0.3, 0.4) is 0 Å². The van der Waals surface area contributed by atoms with E-state index in [1.165, 1.54) is 20.8 Å². The first kappa shape index (κ1) is 30.0. The Bertz CT molecular complexity index is 698. The van der Waals surface area contributed by atoms with Crippen molar-refractivity contribution in [2.45, 2.75) is 63.0 Å². The van der Waals surface area contributed by atoms with Gasteiger partial charge in [-0.1, -0.05) is 6.92 Å². The largest absolute Gasteiger partial charge is 0.460 e. The lowest BCUT2D eigenvalue weighted by molar-refractivity contribution is -0.441. The second-order valence-corrected chi connectivity index (χ2v) is 6.97. The summed E-state index contributed by atoms with van der Waals surface area (Å²) in [6.07, 6.45) is -7.38. The molecule has 0 aliphatic carbocycles. The molecule has 0 spiro atoms. The van der Waals surface area contributed by atoms with Crippen molar-refractivity contribution in [3.05, 3.63) is 0 Å². The average molecular weight is 506 g/mol.